The molecule has 1 unspecified atom stereocenters. The molecule has 3 amide bonds. The van der Waals surface area contributed by atoms with Gasteiger partial charge >= 0.3 is 0 Å². The molecule has 4 heterocycles. The quantitative estimate of drug-likeness (QED) is 0.344. The van der Waals surface area contributed by atoms with Gasteiger partial charge in [-0.05, 0) is 26.0 Å². The van der Waals surface area contributed by atoms with E-state index in [1.165, 1.54) is 7.05 Å². The largest absolute Gasteiger partial charge is 0.476 e. The van der Waals surface area contributed by atoms with Crippen molar-refractivity contribution in [2.75, 3.05) is 37.5 Å². The summed E-state index contributed by atoms with van der Waals surface area (Å²) in [5, 5.41) is 6.15. The highest BCUT2D eigenvalue weighted by Gasteiger charge is 2.60. The van der Waals surface area contributed by atoms with E-state index in [2.05, 4.69) is 20.6 Å². The first-order chi connectivity index (χ1) is 16.9. The number of nitrogens with zero attached hydrogens (tertiary/aromatic N) is 5. The lowest BCUT2D eigenvalue weighted by Crippen LogP contribution is -2.56. The van der Waals surface area contributed by atoms with E-state index in [4.69, 9.17) is 9.72 Å². The van der Waals surface area contributed by atoms with Crippen molar-refractivity contribution in [3.05, 3.63) is 30.1 Å². The van der Waals surface area contributed by atoms with E-state index >= 15 is 0 Å². The zero-order valence-electron chi connectivity index (χ0n) is 19.9. The summed E-state index contributed by atoms with van der Waals surface area (Å²) in [5.74, 6) is 0.261. The number of aromatic nitrogens is 3. The number of likely N-dealkylation sites (N-methyl/N-ethyl adjacent to an activating group) is 1. The van der Waals surface area contributed by atoms with Crippen molar-refractivity contribution < 1.29 is 19.1 Å². The Hall–Kier alpha value is -3.60. The van der Waals surface area contributed by atoms with Crippen molar-refractivity contribution in [3.8, 4) is 5.88 Å². The van der Waals surface area contributed by atoms with E-state index in [0.29, 0.717) is 35.5 Å². The van der Waals surface area contributed by atoms with E-state index < -0.39 is 11.3 Å². The van der Waals surface area contributed by atoms with E-state index in [-0.39, 0.29) is 30.7 Å². The van der Waals surface area contributed by atoms with Crippen LogP contribution in [0.1, 0.15) is 37.7 Å². The van der Waals surface area contributed by atoms with Crippen LogP contribution in [-0.2, 0) is 20.8 Å². The number of likely N-dealkylation sites (tertiary alicyclic amines) is 1. The summed E-state index contributed by atoms with van der Waals surface area (Å²) in [6.45, 7) is 1.23. The Kier molecular flexibility index (Phi) is 6.10. The summed E-state index contributed by atoms with van der Waals surface area (Å²) >= 11 is 0. The van der Waals surface area contributed by atoms with Crippen LogP contribution < -0.4 is 20.3 Å². The van der Waals surface area contributed by atoms with Crippen LogP contribution in [0.3, 0.4) is 0 Å². The normalized spacial score (nSPS) is 22.3. The molecule has 2 aliphatic heterocycles. The summed E-state index contributed by atoms with van der Waals surface area (Å²) in [7, 11) is 3.30. The monoisotopic (exact) mass is 479 g/mol. The van der Waals surface area contributed by atoms with Gasteiger partial charge in [-0.2, -0.15) is 4.98 Å². The molecule has 2 aromatic rings. The number of anilines is 3. The molecule has 184 valence electrons. The molecule has 0 radical (unpaired) electrons. The second-order valence-electron chi connectivity index (χ2n) is 9.31. The molecule has 1 spiro atoms. The Labute approximate surface area is 203 Å². The highest BCUT2D eigenvalue weighted by atomic mass is 16.5. The minimum Gasteiger partial charge on any atom is -0.476 e. The number of nitrogens with one attached hydrogen (secondary N) is 2. The third-order valence-electron chi connectivity index (χ3n) is 7.02. The summed E-state index contributed by atoms with van der Waals surface area (Å²) < 4.78 is 5.55. The van der Waals surface area contributed by atoms with Crippen LogP contribution in [-0.4, -0.2) is 70.9 Å². The van der Waals surface area contributed by atoms with Gasteiger partial charge in [0.1, 0.15) is 17.8 Å². The van der Waals surface area contributed by atoms with Crippen molar-refractivity contribution in [2.24, 2.45) is 5.41 Å². The summed E-state index contributed by atoms with van der Waals surface area (Å²) in [6.07, 6.45) is 6.99. The van der Waals surface area contributed by atoms with Crippen molar-refractivity contribution >= 4 is 35.2 Å². The summed E-state index contributed by atoms with van der Waals surface area (Å²) in [6, 6.07) is 3.52. The predicted molar refractivity (Wildman–Crippen MR) is 127 cm³/mol. The lowest BCUT2D eigenvalue weighted by atomic mass is 9.76. The van der Waals surface area contributed by atoms with Gasteiger partial charge in [-0.1, -0.05) is 12.8 Å². The molecule has 2 aromatic heterocycles. The zero-order valence-corrected chi connectivity index (χ0v) is 19.9. The Balaban J connectivity index is 1.43. The second-order valence-corrected chi connectivity index (χ2v) is 9.31. The molecule has 0 aromatic carbocycles. The van der Waals surface area contributed by atoms with Crippen LogP contribution in [0.25, 0.3) is 0 Å². The smallest absolute Gasteiger partial charge is 0.245 e. The van der Waals surface area contributed by atoms with E-state index in [9.17, 15) is 14.4 Å². The molecule has 1 saturated carbocycles. The van der Waals surface area contributed by atoms with Crippen molar-refractivity contribution in [2.45, 2.75) is 44.6 Å². The van der Waals surface area contributed by atoms with Gasteiger partial charge in [0, 0.05) is 43.9 Å². The molecular formula is C24H29N7O4. The van der Waals surface area contributed by atoms with Gasteiger partial charge in [-0.15, -0.1) is 0 Å². The molecule has 0 bridgehead atoms. The second kappa shape index (κ2) is 9.21. The highest BCUT2D eigenvalue weighted by Crippen LogP contribution is 2.46. The number of hydrogen-bond donors (Lipinski definition) is 2. The van der Waals surface area contributed by atoms with Crippen LogP contribution in [0.5, 0.6) is 5.88 Å². The number of ether oxygens (including phenoxy) is 1. The fourth-order valence-electron chi connectivity index (χ4n) is 5.14. The molecule has 5 rings (SSSR count). The number of pyridine rings is 1. The van der Waals surface area contributed by atoms with E-state index in [0.717, 1.165) is 37.1 Å². The van der Waals surface area contributed by atoms with Crippen LogP contribution in [0.4, 0.5) is 17.5 Å². The van der Waals surface area contributed by atoms with E-state index in [1.54, 1.807) is 23.4 Å². The van der Waals surface area contributed by atoms with Gasteiger partial charge in [0.2, 0.25) is 29.5 Å². The molecule has 11 nitrogen and oxygen atoms in total. The van der Waals surface area contributed by atoms with Crippen LogP contribution >= 0.6 is 0 Å². The number of fused-ring (bicyclic) bond motifs is 1. The summed E-state index contributed by atoms with van der Waals surface area (Å²) in [4.78, 5) is 55.4. The molecule has 2 fully saturated rings. The van der Waals surface area contributed by atoms with Gasteiger partial charge in [-0.25, -0.2) is 9.97 Å². The predicted octanol–water partition coefficient (Wildman–Crippen LogP) is 1.42. The average Bonchev–Trinajstić information content (AvgIpc) is 3.46. The Morgan fingerprint density at radius 1 is 1.09 bits per heavy atom. The molecule has 1 saturated heterocycles. The van der Waals surface area contributed by atoms with Gasteiger partial charge in [0.05, 0.1) is 18.3 Å². The summed E-state index contributed by atoms with van der Waals surface area (Å²) in [5.41, 5.74) is -0.0210. The first-order valence-corrected chi connectivity index (χ1v) is 11.9. The molecule has 3 aliphatic rings. The van der Waals surface area contributed by atoms with Crippen LogP contribution in [0.15, 0.2) is 24.5 Å². The Morgan fingerprint density at radius 3 is 2.54 bits per heavy atom. The molecule has 11 heteroatoms. The van der Waals surface area contributed by atoms with Crippen molar-refractivity contribution in [1.29, 1.82) is 0 Å². The highest BCUT2D eigenvalue weighted by molar-refractivity contribution is 6.21. The minimum absolute atomic E-state index is 0.0503. The topological polar surface area (TPSA) is 130 Å². The molecular weight excluding hydrogens is 450 g/mol. The first-order valence-electron chi connectivity index (χ1n) is 11.9. The first kappa shape index (κ1) is 23.2. The standard InChI is InChI=1S/C24H29N7O4/c1-25-9-10-35-18-8-7-16(14-26-18)28-23-27-13-15-11-24(12-19(32)30(2)21(24)33)22(34)31(20(15)29-23)17-5-3-4-6-17/h7-8,13-14,17,25H,3-6,9-12H2,1-2H3,(H,27,28,29). The number of carbonyl (C=O) groups excluding carboxylic acids is 3. The average molecular weight is 480 g/mol. The fraction of sp³-hybridized carbons (Fsp3) is 0.500. The zero-order chi connectivity index (χ0) is 24.6. The molecule has 1 aliphatic carbocycles. The van der Waals surface area contributed by atoms with Gasteiger partial charge in [0.15, 0.2) is 0 Å². The lowest BCUT2D eigenvalue weighted by molar-refractivity contribution is -0.144. The van der Waals surface area contributed by atoms with Crippen molar-refractivity contribution in [1.82, 2.24) is 25.2 Å². The van der Waals surface area contributed by atoms with E-state index in [1.807, 2.05) is 13.1 Å². The maximum atomic E-state index is 13.8. The van der Waals surface area contributed by atoms with Crippen LogP contribution in [0, 0.1) is 5.41 Å². The Morgan fingerprint density at radius 2 is 1.89 bits per heavy atom. The van der Waals surface area contributed by atoms with Gasteiger partial charge in [0.25, 0.3) is 0 Å². The number of hydrogen-bond acceptors (Lipinski definition) is 9. The lowest BCUT2D eigenvalue weighted by Gasteiger charge is -2.40. The fourth-order valence-corrected chi connectivity index (χ4v) is 5.14. The SMILES string of the molecule is CNCCOc1ccc(Nc2ncc3c(n2)N(C2CCCC2)C(=O)C2(CC(=O)N(C)C2=O)C3)cn1. The number of amides is 3. The molecule has 2 N–H and O–H groups in total. The number of imide groups is 1. The number of rotatable bonds is 7. The number of carbonyl (C=O) groups is 3. The van der Waals surface area contributed by atoms with Crippen molar-refractivity contribution in [3.63, 3.8) is 0 Å². The van der Waals surface area contributed by atoms with Gasteiger partial charge in [-0.3, -0.25) is 24.2 Å². The molecule has 35 heavy (non-hydrogen) atoms. The van der Waals surface area contributed by atoms with Crippen LogP contribution in [0.2, 0.25) is 0 Å². The third kappa shape index (κ3) is 4.09. The Bertz CT molecular complexity index is 1150. The maximum absolute atomic E-state index is 13.8. The van der Waals surface area contributed by atoms with Gasteiger partial charge < -0.3 is 15.4 Å². The third-order valence-corrected chi connectivity index (χ3v) is 7.02. The minimum atomic E-state index is -1.40. The molecule has 1 atom stereocenters. The maximum Gasteiger partial charge on any atom is 0.245 e.